The molecule has 0 aliphatic rings. The van der Waals surface area contributed by atoms with Crippen LogP contribution in [0.15, 0.2) is 12.1 Å². The highest BCUT2D eigenvalue weighted by Crippen LogP contribution is 2.19. The highest BCUT2D eigenvalue weighted by atomic mass is 19.1. The van der Waals surface area contributed by atoms with Crippen LogP contribution in [0, 0.1) is 12.7 Å². The molecule has 0 amide bonds. The number of halogens is 1. The van der Waals surface area contributed by atoms with Gasteiger partial charge in [-0.25, -0.2) is 4.39 Å². The Bertz CT molecular complexity index is 347. The van der Waals surface area contributed by atoms with Crippen LogP contribution in [0.3, 0.4) is 0 Å². The summed E-state index contributed by atoms with van der Waals surface area (Å²) in [5, 5.41) is 0. The fourth-order valence-corrected chi connectivity index (χ4v) is 1.20. The minimum Gasteiger partial charge on any atom is -0.396 e. The van der Waals surface area contributed by atoms with Gasteiger partial charge >= 0.3 is 0 Å². The van der Waals surface area contributed by atoms with E-state index in [4.69, 9.17) is 5.73 Å². The van der Waals surface area contributed by atoms with Crippen molar-refractivity contribution in [3.05, 3.63) is 29.1 Å². The Morgan fingerprint density at radius 2 is 2.15 bits per heavy atom. The second kappa shape index (κ2) is 3.56. The smallest absolute Gasteiger partial charge is 0.162 e. The summed E-state index contributed by atoms with van der Waals surface area (Å²) >= 11 is 0. The molecule has 13 heavy (non-hydrogen) atoms. The number of hydrogen-bond acceptors (Lipinski definition) is 2. The molecule has 0 saturated heterocycles. The van der Waals surface area contributed by atoms with Gasteiger partial charge in [-0.3, -0.25) is 4.79 Å². The van der Waals surface area contributed by atoms with Gasteiger partial charge in [-0.05, 0) is 24.6 Å². The quantitative estimate of drug-likeness (QED) is 0.562. The van der Waals surface area contributed by atoms with Crippen molar-refractivity contribution in [2.75, 3.05) is 5.73 Å². The number of nitrogens with two attached hydrogens (primary N) is 1. The van der Waals surface area contributed by atoms with Crippen LogP contribution in [0.25, 0.3) is 0 Å². The molecule has 0 bridgehead atoms. The largest absolute Gasteiger partial charge is 0.396 e. The lowest BCUT2D eigenvalue weighted by Gasteiger charge is -2.05. The average molecular weight is 181 g/mol. The predicted octanol–water partition coefficient (Wildman–Crippen LogP) is 2.31. The molecule has 0 heterocycles. The first-order valence-electron chi connectivity index (χ1n) is 4.15. The number of ketones is 1. The van der Waals surface area contributed by atoms with E-state index in [2.05, 4.69) is 0 Å². The molecule has 0 aliphatic heterocycles. The number of rotatable bonds is 2. The molecule has 2 N–H and O–H groups in total. The summed E-state index contributed by atoms with van der Waals surface area (Å²) in [5.74, 6) is -0.546. The molecule has 2 nitrogen and oxygen atoms in total. The van der Waals surface area contributed by atoms with E-state index in [9.17, 15) is 9.18 Å². The van der Waals surface area contributed by atoms with Crippen molar-refractivity contribution in [3.63, 3.8) is 0 Å². The number of benzene rings is 1. The lowest BCUT2D eigenvalue weighted by atomic mass is 10.0. The van der Waals surface area contributed by atoms with E-state index < -0.39 is 5.82 Å². The zero-order chi connectivity index (χ0) is 10.0. The van der Waals surface area contributed by atoms with Crippen LogP contribution in [0.1, 0.15) is 29.3 Å². The summed E-state index contributed by atoms with van der Waals surface area (Å²) in [6.07, 6.45) is 0.379. The lowest BCUT2D eigenvalue weighted by molar-refractivity contribution is 0.0987. The number of carbonyl (C=O) groups excluding carboxylic acids is 1. The fraction of sp³-hybridized carbons (Fsp3) is 0.300. The number of Topliss-reactive ketones (excluding diaryl/α,β-unsaturated/α-hetero) is 1. The Labute approximate surface area is 76.6 Å². The third-order valence-corrected chi connectivity index (χ3v) is 2.04. The number of anilines is 1. The molecular weight excluding hydrogens is 169 g/mol. The maximum absolute atomic E-state index is 13.2. The van der Waals surface area contributed by atoms with Gasteiger partial charge in [-0.15, -0.1) is 0 Å². The van der Waals surface area contributed by atoms with Crippen molar-refractivity contribution in [1.29, 1.82) is 0 Å². The molecule has 1 aromatic rings. The van der Waals surface area contributed by atoms with Crippen molar-refractivity contribution in [2.45, 2.75) is 20.3 Å². The first-order valence-corrected chi connectivity index (χ1v) is 4.15. The van der Waals surface area contributed by atoms with Crippen molar-refractivity contribution in [2.24, 2.45) is 0 Å². The van der Waals surface area contributed by atoms with Gasteiger partial charge in [0.05, 0.1) is 5.69 Å². The Morgan fingerprint density at radius 1 is 1.54 bits per heavy atom. The van der Waals surface area contributed by atoms with Gasteiger partial charge in [-0.1, -0.05) is 6.92 Å². The number of carbonyl (C=O) groups is 1. The zero-order valence-corrected chi connectivity index (χ0v) is 7.73. The lowest BCUT2D eigenvalue weighted by Crippen LogP contribution is -2.04. The minimum absolute atomic E-state index is 0.0589. The molecule has 0 atom stereocenters. The van der Waals surface area contributed by atoms with E-state index in [0.29, 0.717) is 17.5 Å². The SMILES string of the molecule is CCC(=O)c1ccc(N)c(F)c1C. The van der Waals surface area contributed by atoms with E-state index in [0.717, 1.165) is 0 Å². The van der Waals surface area contributed by atoms with E-state index in [-0.39, 0.29) is 11.5 Å². The third-order valence-electron chi connectivity index (χ3n) is 2.04. The normalized spacial score (nSPS) is 10.1. The van der Waals surface area contributed by atoms with E-state index in [1.807, 2.05) is 0 Å². The summed E-state index contributed by atoms with van der Waals surface area (Å²) < 4.78 is 13.2. The summed E-state index contributed by atoms with van der Waals surface area (Å²) in [7, 11) is 0. The molecule has 0 radical (unpaired) electrons. The van der Waals surface area contributed by atoms with E-state index >= 15 is 0 Å². The van der Waals surface area contributed by atoms with Gasteiger partial charge < -0.3 is 5.73 Å². The zero-order valence-electron chi connectivity index (χ0n) is 7.73. The third kappa shape index (κ3) is 1.69. The Kier molecular flexibility index (Phi) is 2.66. The van der Waals surface area contributed by atoms with Gasteiger partial charge in [0.1, 0.15) is 5.82 Å². The maximum atomic E-state index is 13.2. The summed E-state index contributed by atoms with van der Waals surface area (Å²) in [6, 6.07) is 2.99. The first-order chi connectivity index (χ1) is 6.07. The molecule has 0 fully saturated rings. The highest BCUT2D eigenvalue weighted by molar-refractivity contribution is 5.97. The van der Waals surface area contributed by atoms with Crippen LogP contribution in [0.5, 0.6) is 0 Å². The number of nitrogen functional groups attached to an aromatic ring is 1. The molecule has 0 saturated carbocycles. The topological polar surface area (TPSA) is 43.1 Å². The van der Waals surface area contributed by atoms with Crippen molar-refractivity contribution in [3.8, 4) is 0 Å². The number of hydrogen-bond donors (Lipinski definition) is 1. The van der Waals surface area contributed by atoms with Crippen LogP contribution in [0.4, 0.5) is 10.1 Å². The molecule has 70 valence electrons. The van der Waals surface area contributed by atoms with Gasteiger partial charge in [0.25, 0.3) is 0 Å². The summed E-state index contributed by atoms with van der Waals surface area (Å²) in [5.41, 5.74) is 6.20. The van der Waals surface area contributed by atoms with Crippen LogP contribution < -0.4 is 5.73 Å². The predicted molar refractivity (Wildman–Crippen MR) is 50.2 cm³/mol. The van der Waals surface area contributed by atoms with Crippen molar-refractivity contribution in [1.82, 2.24) is 0 Å². The first kappa shape index (κ1) is 9.71. The molecule has 1 rings (SSSR count). The monoisotopic (exact) mass is 181 g/mol. The molecule has 0 unspecified atom stereocenters. The molecule has 3 heteroatoms. The van der Waals surface area contributed by atoms with Gasteiger partial charge in [-0.2, -0.15) is 0 Å². The molecule has 0 aromatic heterocycles. The molecule has 0 aliphatic carbocycles. The standard InChI is InChI=1S/C10H12FNO/c1-3-9(13)7-4-5-8(12)10(11)6(7)2/h4-5H,3,12H2,1-2H3. The van der Waals surface area contributed by atoms with Gasteiger partial charge in [0.2, 0.25) is 0 Å². The molecule has 1 aromatic carbocycles. The summed E-state index contributed by atoms with van der Waals surface area (Å²) in [4.78, 5) is 11.3. The van der Waals surface area contributed by atoms with Crippen molar-refractivity contribution < 1.29 is 9.18 Å². The second-order valence-corrected chi connectivity index (χ2v) is 2.92. The van der Waals surface area contributed by atoms with Crippen molar-refractivity contribution >= 4 is 11.5 Å². The molecular formula is C10H12FNO. The van der Waals surface area contributed by atoms with Crippen LogP contribution in [0.2, 0.25) is 0 Å². The Morgan fingerprint density at radius 3 is 2.69 bits per heavy atom. The van der Waals surface area contributed by atoms with Gasteiger partial charge in [0, 0.05) is 12.0 Å². The Balaban J connectivity index is 3.26. The second-order valence-electron chi connectivity index (χ2n) is 2.92. The summed E-state index contributed by atoms with van der Waals surface area (Å²) in [6.45, 7) is 3.31. The van der Waals surface area contributed by atoms with Crippen LogP contribution in [-0.2, 0) is 0 Å². The van der Waals surface area contributed by atoms with Crippen LogP contribution in [-0.4, -0.2) is 5.78 Å². The average Bonchev–Trinajstić information content (AvgIpc) is 2.13. The highest BCUT2D eigenvalue weighted by Gasteiger charge is 2.11. The van der Waals surface area contributed by atoms with Crippen LogP contribution >= 0.6 is 0 Å². The maximum Gasteiger partial charge on any atom is 0.162 e. The minimum atomic E-state index is -0.487. The Hall–Kier alpha value is -1.38. The van der Waals surface area contributed by atoms with E-state index in [1.54, 1.807) is 19.9 Å². The molecule has 0 spiro atoms. The van der Waals surface area contributed by atoms with E-state index in [1.165, 1.54) is 6.07 Å². The van der Waals surface area contributed by atoms with Gasteiger partial charge in [0.15, 0.2) is 5.78 Å². The fourth-order valence-electron chi connectivity index (χ4n) is 1.20.